The molecule has 0 spiro atoms. The maximum atomic E-state index is 11.3. The van der Waals surface area contributed by atoms with E-state index in [0.29, 0.717) is 12.1 Å². The van der Waals surface area contributed by atoms with Gasteiger partial charge < -0.3 is 14.7 Å². The van der Waals surface area contributed by atoms with Crippen molar-refractivity contribution < 1.29 is 14.8 Å². The van der Waals surface area contributed by atoms with Crippen LogP contribution in [0, 0.1) is 10.1 Å². The summed E-state index contributed by atoms with van der Waals surface area (Å²) < 4.78 is 5.09. The predicted molar refractivity (Wildman–Crippen MR) is 87.1 cm³/mol. The molecule has 0 unspecified atom stereocenters. The molecule has 1 N–H and O–H groups in total. The number of hydrogen-bond acceptors (Lipinski definition) is 5. The summed E-state index contributed by atoms with van der Waals surface area (Å²) in [7, 11) is 1.43. The normalized spacial score (nSPS) is 13.5. The second-order valence-corrected chi connectivity index (χ2v) is 5.56. The molecule has 23 heavy (non-hydrogen) atoms. The summed E-state index contributed by atoms with van der Waals surface area (Å²) in [6.07, 6.45) is 2.04. The van der Waals surface area contributed by atoms with Crippen LogP contribution in [0.25, 0.3) is 0 Å². The minimum Gasteiger partial charge on any atom is -0.504 e. The maximum absolute atomic E-state index is 11.3. The largest absolute Gasteiger partial charge is 0.504 e. The van der Waals surface area contributed by atoms with Gasteiger partial charge in [0.05, 0.1) is 23.7 Å². The van der Waals surface area contributed by atoms with Crippen molar-refractivity contribution in [3.63, 3.8) is 0 Å². The molecule has 1 aliphatic rings. The molecule has 0 bridgehead atoms. The van der Waals surface area contributed by atoms with Crippen molar-refractivity contribution in [2.45, 2.75) is 19.4 Å². The number of phenolic OH excluding ortho intramolecular Hbond substituents is 1. The molecule has 0 fully saturated rings. The van der Waals surface area contributed by atoms with E-state index in [-0.39, 0.29) is 17.2 Å². The molecule has 0 aliphatic carbocycles. The van der Waals surface area contributed by atoms with Crippen LogP contribution < -0.4 is 9.64 Å². The first-order valence-corrected chi connectivity index (χ1v) is 7.47. The molecular weight excluding hydrogens is 296 g/mol. The number of aryl methyl sites for hydroxylation is 1. The molecule has 2 aromatic carbocycles. The first-order valence-electron chi connectivity index (χ1n) is 7.47. The first kappa shape index (κ1) is 15.1. The predicted octanol–water partition coefficient (Wildman–Crippen LogP) is 3.26. The highest BCUT2D eigenvalue weighted by molar-refractivity contribution is 5.59. The number of methoxy groups -OCH3 is 1. The number of nitrogens with zero attached hydrogens (tertiary/aromatic N) is 2. The highest BCUT2D eigenvalue weighted by Gasteiger charge is 2.23. The molecule has 0 aromatic heterocycles. The lowest BCUT2D eigenvalue weighted by molar-refractivity contribution is -0.385. The van der Waals surface area contributed by atoms with Crippen LogP contribution in [0.1, 0.15) is 17.5 Å². The molecule has 6 nitrogen and oxygen atoms in total. The zero-order valence-corrected chi connectivity index (χ0v) is 12.9. The molecule has 0 amide bonds. The number of fused-ring (bicyclic) bond motifs is 1. The van der Waals surface area contributed by atoms with Crippen molar-refractivity contribution in [2.75, 3.05) is 18.6 Å². The van der Waals surface area contributed by atoms with Crippen molar-refractivity contribution in [3.05, 3.63) is 57.6 Å². The smallest absolute Gasteiger partial charge is 0.278 e. The average Bonchev–Trinajstić information content (AvgIpc) is 2.56. The molecular formula is C17H18N2O4. The molecule has 0 saturated carbocycles. The van der Waals surface area contributed by atoms with Crippen LogP contribution in [-0.2, 0) is 13.0 Å². The van der Waals surface area contributed by atoms with Crippen LogP contribution in [0.15, 0.2) is 36.4 Å². The van der Waals surface area contributed by atoms with E-state index in [1.165, 1.54) is 12.7 Å². The van der Waals surface area contributed by atoms with Crippen molar-refractivity contribution in [1.29, 1.82) is 0 Å². The second kappa shape index (κ2) is 6.16. The molecule has 120 valence electrons. The number of aromatic hydroxyl groups is 1. The number of hydrogen-bond donors (Lipinski definition) is 1. The third-order valence-electron chi connectivity index (χ3n) is 4.14. The zero-order chi connectivity index (χ0) is 16.4. The van der Waals surface area contributed by atoms with Gasteiger partial charge in [-0.3, -0.25) is 10.1 Å². The fourth-order valence-electron chi connectivity index (χ4n) is 3.04. The van der Waals surface area contributed by atoms with Gasteiger partial charge in [-0.25, -0.2) is 0 Å². The molecule has 0 atom stereocenters. The number of phenols is 1. The van der Waals surface area contributed by atoms with Gasteiger partial charge in [-0.1, -0.05) is 18.2 Å². The van der Waals surface area contributed by atoms with Gasteiger partial charge in [0.2, 0.25) is 0 Å². The highest BCUT2D eigenvalue weighted by atomic mass is 16.6. The number of ether oxygens (including phenoxy) is 1. The summed E-state index contributed by atoms with van der Waals surface area (Å²) in [4.78, 5) is 13.0. The van der Waals surface area contributed by atoms with E-state index < -0.39 is 4.92 Å². The monoisotopic (exact) mass is 314 g/mol. The van der Waals surface area contributed by atoms with Gasteiger partial charge in [-0.15, -0.1) is 0 Å². The van der Waals surface area contributed by atoms with Crippen molar-refractivity contribution >= 4 is 11.4 Å². The third kappa shape index (κ3) is 2.92. The molecule has 1 heterocycles. The van der Waals surface area contributed by atoms with Crippen LogP contribution in [0.2, 0.25) is 0 Å². The third-order valence-corrected chi connectivity index (χ3v) is 4.14. The molecule has 6 heteroatoms. The highest BCUT2D eigenvalue weighted by Crippen LogP contribution is 2.36. The summed E-state index contributed by atoms with van der Waals surface area (Å²) in [6.45, 7) is 1.25. The fraction of sp³-hybridized carbons (Fsp3) is 0.294. The van der Waals surface area contributed by atoms with E-state index in [1.54, 1.807) is 6.07 Å². The van der Waals surface area contributed by atoms with Crippen LogP contribution in [0.3, 0.4) is 0 Å². The summed E-state index contributed by atoms with van der Waals surface area (Å²) >= 11 is 0. The summed E-state index contributed by atoms with van der Waals surface area (Å²) in [6, 6.07) is 10.8. The SMILES string of the molecule is COc1cc(CN2CCCc3ccccc32)c([N+](=O)[O-])cc1O. The van der Waals surface area contributed by atoms with E-state index in [1.807, 2.05) is 18.2 Å². The molecule has 2 aromatic rings. The van der Waals surface area contributed by atoms with E-state index in [0.717, 1.165) is 31.1 Å². The van der Waals surface area contributed by atoms with Gasteiger partial charge in [0.1, 0.15) is 0 Å². The molecule has 1 aliphatic heterocycles. The second-order valence-electron chi connectivity index (χ2n) is 5.56. The van der Waals surface area contributed by atoms with E-state index in [2.05, 4.69) is 11.0 Å². The van der Waals surface area contributed by atoms with Crippen molar-refractivity contribution in [2.24, 2.45) is 0 Å². The van der Waals surface area contributed by atoms with Gasteiger partial charge in [0.25, 0.3) is 5.69 Å². The lowest BCUT2D eigenvalue weighted by Gasteiger charge is -2.31. The van der Waals surface area contributed by atoms with Gasteiger partial charge in [0.15, 0.2) is 11.5 Å². The topological polar surface area (TPSA) is 75.8 Å². The summed E-state index contributed by atoms with van der Waals surface area (Å²) in [5, 5.41) is 21.1. The summed E-state index contributed by atoms with van der Waals surface area (Å²) in [5.74, 6) is 0.0258. The van der Waals surface area contributed by atoms with Gasteiger partial charge >= 0.3 is 0 Å². The lowest BCUT2D eigenvalue weighted by Crippen LogP contribution is -2.29. The Hall–Kier alpha value is -2.76. The van der Waals surface area contributed by atoms with E-state index >= 15 is 0 Å². The first-order chi connectivity index (χ1) is 11.1. The maximum Gasteiger partial charge on any atom is 0.278 e. The number of benzene rings is 2. The Balaban J connectivity index is 1.99. The Labute approximate surface area is 134 Å². The van der Waals surface area contributed by atoms with E-state index in [4.69, 9.17) is 4.74 Å². The number of anilines is 1. The van der Waals surface area contributed by atoms with Crippen LogP contribution in [0.4, 0.5) is 11.4 Å². The number of nitro benzene ring substituents is 1. The summed E-state index contributed by atoms with van der Waals surface area (Å²) in [5.41, 5.74) is 2.81. The van der Waals surface area contributed by atoms with Crippen molar-refractivity contribution in [1.82, 2.24) is 0 Å². The van der Waals surface area contributed by atoms with Crippen LogP contribution >= 0.6 is 0 Å². The number of para-hydroxylation sites is 1. The molecule has 0 saturated heterocycles. The number of nitro groups is 1. The van der Waals surface area contributed by atoms with Gasteiger partial charge in [0, 0.05) is 18.8 Å². The zero-order valence-electron chi connectivity index (χ0n) is 12.9. The average molecular weight is 314 g/mol. The molecule has 0 radical (unpaired) electrons. The van der Waals surface area contributed by atoms with Crippen molar-refractivity contribution in [3.8, 4) is 11.5 Å². The Bertz CT molecular complexity index is 745. The van der Waals surface area contributed by atoms with Crippen LogP contribution in [-0.4, -0.2) is 23.7 Å². The Kier molecular flexibility index (Phi) is 4.06. The fourth-order valence-corrected chi connectivity index (χ4v) is 3.04. The minimum absolute atomic E-state index is 0.0913. The quantitative estimate of drug-likeness (QED) is 0.692. The van der Waals surface area contributed by atoms with E-state index in [9.17, 15) is 15.2 Å². The van der Waals surface area contributed by atoms with Gasteiger partial charge in [-0.05, 0) is 30.5 Å². The minimum atomic E-state index is -0.468. The van der Waals surface area contributed by atoms with Gasteiger partial charge in [-0.2, -0.15) is 0 Å². The molecule has 3 rings (SSSR count). The Morgan fingerprint density at radius 3 is 2.87 bits per heavy atom. The lowest BCUT2D eigenvalue weighted by atomic mass is 10.0. The Morgan fingerprint density at radius 1 is 1.35 bits per heavy atom. The van der Waals surface area contributed by atoms with Crippen LogP contribution in [0.5, 0.6) is 11.5 Å². The standard InChI is InChI=1S/C17H18N2O4/c1-23-17-9-13(15(19(21)22)10-16(17)20)11-18-8-4-6-12-5-2-3-7-14(12)18/h2-3,5,7,9-10,20H,4,6,8,11H2,1H3. The number of rotatable bonds is 4. The Morgan fingerprint density at radius 2 is 2.13 bits per heavy atom.